The molecule has 4 rings (SSSR count). The van der Waals surface area contributed by atoms with Gasteiger partial charge in [0.25, 0.3) is 11.8 Å². The number of aliphatic imine (C=N–C) groups is 1. The van der Waals surface area contributed by atoms with E-state index in [1.54, 1.807) is 68.4 Å². The lowest BCUT2D eigenvalue weighted by Crippen LogP contribution is -2.64. The molecule has 414 valence electrons. The number of nitrogens with one attached hydrogen (secondary N) is 8. The molecule has 1 saturated heterocycles. The lowest BCUT2D eigenvalue weighted by Gasteiger charge is -2.30. The van der Waals surface area contributed by atoms with Crippen molar-refractivity contribution >= 4 is 64.8 Å². The number of halogens is 1. The second kappa shape index (κ2) is 29.5. The predicted octanol–water partition coefficient (Wildman–Crippen LogP) is -4.69. The second-order valence-corrected chi connectivity index (χ2v) is 18.5. The minimum absolute atomic E-state index is 0.00706. The van der Waals surface area contributed by atoms with E-state index in [0.717, 1.165) is 6.08 Å². The predicted molar refractivity (Wildman–Crippen MR) is 279 cm³/mol. The highest BCUT2D eigenvalue weighted by atomic mass is 35.5. The quantitative estimate of drug-likeness (QED) is 0.0277. The third-order valence-electron chi connectivity index (χ3n) is 11.7. The molecule has 0 saturated carbocycles. The Labute approximate surface area is 442 Å². The van der Waals surface area contributed by atoms with Gasteiger partial charge in [-0.15, -0.1) is 0 Å². The molecule has 1 fully saturated rings. The maximum absolute atomic E-state index is 14.5. The van der Waals surface area contributed by atoms with Crippen LogP contribution in [0.5, 0.6) is 0 Å². The molecule has 76 heavy (non-hydrogen) atoms. The molecule has 2 heterocycles. The van der Waals surface area contributed by atoms with Gasteiger partial charge >= 0.3 is 0 Å². The fourth-order valence-electron chi connectivity index (χ4n) is 7.67. The van der Waals surface area contributed by atoms with E-state index in [9.17, 15) is 53.7 Å². The zero-order chi connectivity index (χ0) is 56.2. The van der Waals surface area contributed by atoms with Crippen molar-refractivity contribution < 1.29 is 53.7 Å². The third-order valence-corrected chi connectivity index (χ3v) is 12.0. The number of aliphatic hydroxyl groups excluding tert-OH is 3. The van der Waals surface area contributed by atoms with Gasteiger partial charge in [-0.05, 0) is 69.3 Å². The Balaban J connectivity index is 1.83. The number of β-amino-alcohol motifs (C(OH)–C–C–N with tert-alkyl or cyclic N) is 1. The molecular formula is C48H69ClN16O11. The molecule has 3 aromatic rings. The zero-order valence-electron chi connectivity index (χ0n) is 42.2. The Kier molecular flexibility index (Phi) is 23.7. The number of hydrogen-bond acceptors (Lipinski definition) is 16. The number of amides is 8. The molecule has 8 amide bonds. The first-order valence-electron chi connectivity index (χ1n) is 24.3. The van der Waals surface area contributed by atoms with Crippen LogP contribution in [-0.4, -0.2) is 166 Å². The Bertz CT molecular complexity index is 2560. The van der Waals surface area contributed by atoms with Crippen molar-refractivity contribution in [1.82, 2.24) is 52.3 Å². The van der Waals surface area contributed by atoms with Crippen molar-refractivity contribution in [1.29, 1.82) is 0 Å². The van der Waals surface area contributed by atoms with Crippen LogP contribution in [0.25, 0.3) is 16.9 Å². The number of hydrogen-bond donors (Lipinski definition) is 16. The van der Waals surface area contributed by atoms with Crippen LogP contribution in [0.4, 0.5) is 0 Å². The normalized spacial score (nSPS) is 23.2. The lowest BCUT2D eigenvalue weighted by molar-refractivity contribution is -0.137. The van der Waals surface area contributed by atoms with Crippen LogP contribution in [0.1, 0.15) is 56.8 Å². The van der Waals surface area contributed by atoms with Crippen molar-refractivity contribution in [3.63, 3.8) is 0 Å². The molecule has 21 N–H and O–H groups in total. The molecule has 1 aromatic heterocycles. The molecule has 0 spiro atoms. The second-order valence-electron chi connectivity index (χ2n) is 18.0. The molecular weight excluding hydrogens is 1010 g/mol. The third kappa shape index (κ3) is 17.5. The van der Waals surface area contributed by atoms with Gasteiger partial charge in [-0.2, -0.15) is 5.10 Å². The fraction of sp³-hybridized carbons (Fsp3) is 0.458. The number of aliphatic hydroxyl groups is 3. The van der Waals surface area contributed by atoms with E-state index in [1.807, 2.05) is 0 Å². The fourth-order valence-corrected chi connectivity index (χ4v) is 7.79. The molecule has 2 aromatic carbocycles. The monoisotopic (exact) mass is 1080 g/mol. The zero-order valence-corrected chi connectivity index (χ0v) is 43.0. The summed E-state index contributed by atoms with van der Waals surface area (Å²) in [6.45, 7) is 2.51. The van der Waals surface area contributed by atoms with Crippen LogP contribution in [0.15, 0.2) is 77.6 Å². The summed E-state index contributed by atoms with van der Waals surface area (Å²) in [5.74, 6) is -9.07. The molecule has 9 atom stereocenters. The number of benzene rings is 2. The van der Waals surface area contributed by atoms with Crippen LogP contribution in [-0.2, 0) is 33.6 Å². The molecule has 0 aliphatic carbocycles. The Morgan fingerprint density at radius 3 is 1.97 bits per heavy atom. The first-order valence-corrected chi connectivity index (χ1v) is 24.7. The maximum atomic E-state index is 14.5. The lowest BCUT2D eigenvalue weighted by atomic mass is 10.0. The highest BCUT2D eigenvalue weighted by Crippen LogP contribution is 2.26. The topological polar surface area (TPSA) is 454 Å². The van der Waals surface area contributed by atoms with Crippen LogP contribution < -0.4 is 71.2 Å². The molecule has 1 aliphatic rings. The summed E-state index contributed by atoms with van der Waals surface area (Å²) < 4.78 is 1.40. The molecule has 0 radical (unpaired) electrons. The van der Waals surface area contributed by atoms with E-state index >= 15 is 0 Å². The van der Waals surface area contributed by atoms with Gasteiger partial charge in [0, 0.05) is 43.0 Å². The highest BCUT2D eigenvalue weighted by molar-refractivity contribution is 6.30. The number of rotatable bonds is 16. The number of carbonyl (C=O) groups excluding carboxylic acids is 8. The molecule has 6 unspecified atom stereocenters. The van der Waals surface area contributed by atoms with E-state index in [0.29, 0.717) is 16.3 Å². The van der Waals surface area contributed by atoms with Crippen LogP contribution >= 0.6 is 11.6 Å². The number of allylic oxidation sites excluding steroid dienone is 1. The minimum atomic E-state index is -2.07. The molecule has 28 heteroatoms. The van der Waals surface area contributed by atoms with Gasteiger partial charge < -0.3 is 86.5 Å². The summed E-state index contributed by atoms with van der Waals surface area (Å²) in [5, 5.41) is 58.1. The standard InChI is InChI=1S/C48H69ClN16O11/c1-4-29-41(70)59-31(16-17-50)42(71)60-32(19-24(2)3)44(73)58-30(11-8-18-55-48(53)54)43(72)62-38(34(67)21-52)47(76)63-37(33(66)20-51)45(74)56-22-35(68)39(46(75)57-29)61-40(69)28-23-65(27-9-6-5-7-10-27)64-36(28)25-12-14-26(49)15-13-25/h4-7,9-10,12-15,23-24,30-35,37-39,66-68H,8,11,16-22,50-52H2,1-3H3,(H,56,74)(H,57,75)(H,58,73)(H,59,70)(H,60,71)(H,61,69)(H,62,72)(H,63,76)(H4,53,54,55)/b29-4-/t30-,31-,32-,33?,34?,35?,37?,38?,39?/m0/s1. The Morgan fingerprint density at radius 1 is 0.803 bits per heavy atom. The van der Waals surface area contributed by atoms with E-state index in [1.165, 1.54) is 17.8 Å². The first kappa shape index (κ1) is 61.0. The van der Waals surface area contributed by atoms with Gasteiger partial charge in [0.05, 0.1) is 23.5 Å². The number of nitrogens with zero attached hydrogens (tertiary/aromatic N) is 3. The van der Waals surface area contributed by atoms with Crippen molar-refractivity contribution in [2.75, 3.05) is 32.7 Å². The van der Waals surface area contributed by atoms with E-state index < -0.39 is 127 Å². The summed E-state index contributed by atoms with van der Waals surface area (Å²) in [5.41, 5.74) is 28.8. The van der Waals surface area contributed by atoms with Gasteiger partial charge in [-0.25, -0.2) is 4.68 Å². The summed E-state index contributed by atoms with van der Waals surface area (Å²) in [4.78, 5) is 117. The van der Waals surface area contributed by atoms with Crippen molar-refractivity contribution in [2.24, 2.45) is 39.6 Å². The largest absolute Gasteiger partial charge is 0.389 e. The summed E-state index contributed by atoms with van der Waals surface area (Å²) >= 11 is 6.17. The van der Waals surface area contributed by atoms with Crippen molar-refractivity contribution in [3.8, 4) is 16.9 Å². The number of nitrogens with two attached hydrogens (primary N) is 5. The van der Waals surface area contributed by atoms with E-state index in [2.05, 4.69) is 52.6 Å². The number of carbonyl (C=O) groups is 8. The average molecular weight is 1080 g/mol. The first-order chi connectivity index (χ1) is 36.1. The summed E-state index contributed by atoms with van der Waals surface area (Å²) in [6, 6.07) is 4.74. The maximum Gasteiger partial charge on any atom is 0.268 e. The summed E-state index contributed by atoms with van der Waals surface area (Å²) in [6.07, 6.45) is -3.54. The molecule has 1 aliphatic heterocycles. The van der Waals surface area contributed by atoms with Gasteiger partial charge in [0.15, 0.2) is 5.96 Å². The van der Waals surface area contributed by atoms with Gasteiger partial charge in [-0.1, -0.05) is 61.9 Å². The van der Waals surface area contributed by atoms with E-state index in [4.69, 9.17) is 40.3 Å². The smallest absolute Gasteiger partial charge is 0.268 e. The average Bonchev–Trinajstić information content (AvgIpc) is 3.85. The van der Waals surface area contributed by atoms with Gasteiger partial charge in [0.2, 0.25) is 35.4 Å². The van der Waals surface area contributed by atoms with E-state index in [-0.39, 0.29) is 61.9 Å². The van der Waals surface area contributed by atoms with Gasteiger partial charge in [0.1, 0.15) is 53.7 Å². The van der Waals surface area contributed by atoms with Crippen molar-refractivity contribution in [2.45, 2.75) is 101 Å². The van der Waals surface area contributed by atoms with Gasteiger partial charge in [-0.3, -0.25) is 43.3 Å². The number of aromatic nitrogens is 2. The van der Waals surface area contributed by atoms with Crippen molar-refractivity contribution in [3.05, 3.63) is 83.2 Å². The minimum Gasteiger partial charge on any atom is -0.389 e. The van der Waals surface area contributed by atoms with Crippen LogP contribution in [0.2, 0.25) is 5.02 Å². The Hall–Kier alpha value is -7.53. The number of guanidine groups is 1. The SMILES string of the molecule is C/C=C1\NC(=O)C(NC(=O)c2cn(-c3ccccc3)nc2-c2ccc(Cl)cc2)C(O)CNC(=O)C(C(O)CN)NC(=O)C(C(O)CN)NC(=O)[C@H](CCCN=C(N)N)NC(=O)[C@H](CC(C)C)NC(=O)[C@H](CCN)NC1=O. The Morgan fingerprint density at radius 2 is 1.38 bits per heavy atom. The highest BCUT2D eigenvalue weighted by Gasteiger charge is 2.38. The van der Waals surface area contributed by atoms with Crippen LogP contribution in [0, 0.1) is 5.92 Å². The molecule has 27 nitrogen and oxygen atoms in total. The van der Waals surface area contributed by atoms with Crippen LogP contribution in [0.3, 0.4) is 0 Å². The summed E-state index contributed by atoms with van der Waals surface area (Å²) in [7, 11) is 0. The number of para-hydroxylation sites is 1. The molecule has 0 bridgehead atoms.